The summed E-state index contributed by atoms with van der Waals surface area (Å²) in [4.78, 5) is 10.3. The molecule has 1 unspecified atom stereocenters. The molecule has 1 N–H and O–H groups in total. The third kappa shape index (κ3) is 3.17. The number of aryl methyl sites for hydroxylation is 1. The van der Waals surface area contributed by atoms with E-state index in [1.807, 2.05) is 13.0 Å². The molecule has 5 nitrogen and oxygen atoms in total. The summed E-state index contributed by atoms with van der Waals surface area (Å²) < 4.78 is 5.62. The van der Waals surface area contributed by atoms with Gasteiger partial charge >= 0.3 is 0 Å². The third-order valence-electron chi connectivity index (χ3n) is 2.89. The van der Waals surface area contributed by atoms with Crippen molar-refractivity contribution < 1.29 is 9.66 Å². The molecule has 2 rings (SSSR count). The van der Waals surface area contributed by atoms with Crippen molar-refractivity contribution >= 4 is 5.69 Å². The van der Waals surface area contributed by atoms with Crippen molar-refractivity contribution in [3.63, 3.8) is 0 Å². The van der Waals surface area contributed by atoms with E-state index in [4.69, 9.17) is 4.74 Å². The number of nitrogens with zero attached hydrogens (tertiary/aromatic N) is 1. The first-order valence-corrected chi connectivity index (χ1v) is 5.75. The number of ether oxygens (including phenoxy) is 1. The van der Waals surface area contributed by atoms with Crippen LogP contribution in [0.3, 0.4) is 0 Å². The summed E-state index contributed by atoms with van der Waals surface area (Å²) in [6, 6.07) is 4.86. The van der Waals surface area contributed by atoms with E-state index in [1.165, 1.54) is 6.07 Å². The highest BCUT2D eigenvalue weighted by molar-refractivity contribution is 5.42. The van der Waals surface area contributed by atoms with E-state index in [0.717, 1.165) is 25.1 Å². The molecular weight excluding hydrogens is 220 g/mol. The zero-order valence-electron chi connectivity index (χ0n) is 9.81. The van der Waals surface area contributed by atoms with Crippen LogP contribution in [0.4, 0.5) is 5.69 Å². The van der Waals surface area contributed by atoms with E-state index in [9.17, 15) is 10.1 Å². The fourth-order valence-corrected chi connectivity index (χ4v) is 1.99. The van der Waals surface area contributed by atoms with Crippen LogP contribution in [0.15, 0.2) is 18.2 Å². The smallest absolute Gasteiger partial charge is 0.273 e. The van der Waals surface area contributed by atoms with Crippen molar-refractivity contribution in [3.8, 4) is 5.75 Å². The monoisotopic (exact) mass is 236 g/mol. The summed E-state index contributed by atoms with van der Waals surface area (Å²) in [6.07, 6.45) is 1.11. The van der Waals surface area contributed by atoms with Gasteiger partial charge in [0.05, 0.1) is 17.6 Å². The maximum absolute atomic E-state index is 10.7. The lowest BCUT2D eigenvalue weighted by atomic mass is 10.1. The Labute approximate surface area is 99.9 Å². The number of hydrogen-bond acceptors (Lipinski definition) is 4. The molecule has 1 heterocycles. The maximum Gasteiger partial charge on any atom is 0.273 e. The second-order valence-electron chi connectivity index (χ2n) is 4.43. The molecule has 1 aliphatic rings. The SMILES string of the molecule is Cc1cc(OCC2CCNC2)cc([N+](=O)[O-])c1. The highest BCUT2D eigenvalue weighted by atomic mass is 16.6. The predicted molar refractivity (Wildman–Crippen MR) is 64.3 cm³/mol. The molecule has 92 valence electrons. The van der Waals surface area contributed by atoms with Crippen LogP contribution in [0.1, 0.15) is 12.0 Å². The lowest BCUT2D eigenvalue weighted by molar-refractivity contribution is -0.385. The normalized spacial score (nSPS) is 19.2. The van der Waals surface area contributed by atoms with Gasteiger partial charge in [0.15, 0.2) is 0 Å². The van der Waals surface area contributed by atoms with Crippen LogP contribution >= 0.6 is 0 Å². The summed E-state index contributed by atoms with van der Waals surface area (Å²) in [5.74, 6) is 1.10. The van der Waals surface area contributed by atoms with Gasteiger partial charge in [-0.3, -0.25) is 10.1 Å². The van der Waals surface area contributed by atoms with E-state index in [1.54, 1.807) is 6.07 Å². The molecule has 0 aromatic heterocycles. The fraction of sp³-hybridized carbons (Fsp3) is 0.500. The lowest BCUT2D eigenvalue weighted by Gasteiger charge is -2.11. The Bertz CT molecular complexity index is 414. The van der Waals surface area contributed by atoms with Gasteiger partial charge in [-0.1, -0.05) is 0 Å². The molecule has 0 aliphatic carbocycles. The number of benzene rings is 1. The second-order valence-corrected chi connectivity index (χ2v) is 4.43. The minimum Gasteiger partial charge on any atom is -0.493 e. The minimum absolute atomic E-state index is 0.0875. The Morgan fingerprint density at radius 2 is 2.35 bits per heavy atom. The van der Waals surface area contributed by atoms with E-state index >= 15 is 0 Å². The van der Waals surface area contributed by atoms with Gasteiger partial charge in [0.2, 0.25) is 0 Å². The van der Waals surface area contributed by atoms with Crippen LogP contribution in [-0.2, 0) is 0 Å². The molecule has 5 heteroatoms. The fourth-order valence-electron chi connectivity index (χ4n) is 1.99. The third-order valence-corrected chi connectivity index (χ3v) is 2.89. The largest absolute Gasteiger partial charge is 0.493 e. The van der Waals surface area contributed by atoms with Crippen molar-refractivity contribution in [2.75, 3.05) is 19.7 Å². The highest BCUT2D eigenvalue weighted by Gasteiger charge is 2.16. The van der Waals surface area contributed by atoms with Crippen molar-refractivity contribution in [3.05, 3.63) is 33.9 Å². The van der Waals surface area contributed by atoms with Crippen molar-refractivity contribution in [2.24, 2.45) is 5.92 Å². The summed E-state index contributed by atoms with van der Waals surface area (Å²) in [5.41, 5.74) is 0.934. The number of nitro benzene ring substituents is 1. The molecule has 0 radical (unpaired) electrons. The van der Waals surface area contributed by atoms with Gasteiger partial charge in [0.1, 0.15) is 5.75 Å². The minimum atomic E-state index is -0.392. The Kier molecular flexibility index (Phi) is 3.58. The number of non-ortho nitro benzene ring substituents is 1. The van der Waals surface area contributed by atoms with Crippen LogP contribution in [0.25, 0.3) is 0 Å². The predicted octanol–water partition coefficient (Wildman–Crippen LogP) is 1.89. The van der Waals surface area contributed by atoms with Crippen molar-refractivity contribution in [1.82, 2.24) is 5.32 Å². The first kappa shape index (κ1) is 11.9. The van der Waals surface area contributed by atoms with Gasteiger partial charge in [-0.15, -0.1) is 0 Å². The molecule has 1 aromatic rings. The molecule has 1 aromatic carbocycles. The molecule has 1 aliphatic heterocycles. The second kappa shape index (κ2) is 5.14. The average molecular weight is 236 g/mol. The van der Waals surface area contributed by atoms with Gasteiger partial charge in [0.25, 0.3) is 5.69 Å². The van der Waals surface area contributed by atoms with Crippen molar-refractivity contribution in [1.29, 1.82) is 0 Å². The molecule has 1 fully saturated rings. The van der Waals surface area contributed by atoms with Crippen LogP contribution < -0.4 is 10.1 Å². The Balaban J connectivity index is 2.01. The number of nitro groups is 1. The molecule has 0 amide bonds. The zero-order valence-corrected chi connectivity index (χ0v) is 9.81. The Morgan fingerprint density at radius 3 is 3.00 bits per heavy atom. The van der Waals surface area contributed by atoms with Gasteiger partial charge in [0, 0.05) is 18.5 Å². The molecule has 0 bridgehead atoms. The molecule has 0 spiro atoms. The molecule has 1 saturated heterocycles. The van der Waals surface area contributed by atoms with Crippen LogP contribution in [0.2, 0.25) is 0 Å². The van der Waals surface area contributed by atoms with Gasteiger partial charge < -0.3 is 10.1 Å². The van der Waals surface area contributed by atoms with Gasteiger partial charge in [-0.25, -0.2) is 0 Å². The Hall–Kier alpha value is -1.62. The van der Waals surface area contributed by atoms with E-state index in [0.29, 0.717) is 18.3 Å². The summed E-state index contributed by atoms with van der Waals surface area (Å²) >= 11 is 0. The summed E-state index contributed by atoms with van der Waals surface area (Å²) in [6.45, 7) is 4.44. The summed E-state index contributed by atoms with van der Waals surface area (Å²) in [7, 11) is 0. The standard InChI is InChI=1S/C12H16N2O3/c1-9-4-11(14(15)16)6-12(5-9)17-8-10-2-3-13-7-10/h4-6,10,13H,2-3,7-8H2,1H3. The molecular formula is C12H16N2O3. The van der Waals surface area contributed by atoms with E-state index in [-0.39, 0.29) is 5.69 Å². The Morgan fingerprint density at radius 1 is 1.53 bits per heavy atom. The topological polar surface area (TPSA) is 64.4 Å². The number of nitrogens with one attached hydrogen (secondary N) is 1. The first-order valence-electron chi connectivity index (χ1n) is 5.75. The highest BCUT2D eigenvalue weighted by Crippen LogP contribution is 2.23. The molecule has 1 atom stereocenters. The zero-order chi connectivity index (χ0) is 12.3. The molecule has 17 heavy (non-hydrogen) atoms. The van der Waals surface area contributed by atoms with E-state index < -0.39 is 4.92 Å². The number of rotatable bonds is 4. The quantitative estimate of drug-likeness (QED) is 0.640. The number of hydrogen-bond donors (Lipinski definition) is 1. The molecule has 0 saturated carbocycles. The average Bonchev–Trinajstić information content (AvgIpc) is 2.78. The maximum atomic E-state index is 10.7. The van der Waals surface area contributed by atoms with Gasteiger partial charge in [-0.2, -0.15) is 0 Å². The van der Waals surface area contributed by atoms with Crippen molar-refractivity contribution in [2.45, 2.75) is 13.3 Å². The van der Waals surface area contributed by atoms with Crippen LogP contribution in [0, 0.1) is 23.0 Å². The first-order chi connectivity index (χ1) is 8.15. The summed E-state index contributed by atoms with van der Waals surface area (Å²) in [5, 5.41) is 14.0. The van der Waals surface area contributed by atoms with Crippen LogP contribution in [0.5, 0.6) is 5.75 Å². The lowest BCUT2D eigenvalue weighted by Crippen LogP contribution is -2.15. The van der Waals surface area contributed by atoms with E-state index in [2.05, 4.69) is 5.32 Å². The van der Waals surface area contributed by atoms with Gasteiger partial charge in [-0.05, 0) is 31.5 Å². The van der Waals surface area contributed by atoms with Crippen LogP contribution in [-0.4, -0.2) is 24.6 Å².